The lowest BCUT2D eigenvalue weighted by atomic mass is 10.00. The number of anilines is 1. The summed E-state index contributed by atoms with van der Waals surface area (Å²) in [6.07, 6.45) is 3.82. The first-order valence-corrected chi connectivity index (χ1v) is 16.5. The minimum absolute atomic E-state index is 0.0618. The number of piperazine rings is 1. The van der Waals surface area contributed by atoms with Gasteiger partial charge in [-0.1, -0.05) is 24.3 Å². The molecule has 3 aliphatic heterocycles. The monoisotopic (exact) mass is 695 g/mol. The highest BCUT2D eigenvalue weighted by Gasteiger charge is 2.35. The Balaban J connectivity index is 0.000000341. The van der Waals surface area contributed by atoms with E-state index < -0.39 is 35.3 Å². The summed E-state index contributed by atoms with van der Waals surface area (Å²) < 4.78 is 68.1. The second-order valence-corrected chi connectivity index (χ2v) is 13.3. The standard InChI is InChI=1S/C27H26F3N5O3.C7H12FN.C2H3N/c1-27(2,3)38-26(36)35-12-10-34(11-13-35)24-17-14-31-22(21(30)23(17)32-25(33-24)37-4)16-7-5-6-15-8-9-18(28)20(29)19(15)16;8-6-4-7-2-1-3-9(7)5-6;1-2-3/h5-9,14H,10-13H2,1-4H3;6-7H,1-5H2;1H3. The molecule has 2 atom stereocenters. The van der Waals surface area contributed by atoms with Gasteiger partial charge in [0.25, 0.3) is 0 Å². The topological polar surface area (TPSA) is 108 Å². The highest BCUT2D eigenvalue weighted by molar-refractivity contribution is 5.99. The van der Waals surface area contributed by atoms with Crippen molar-refractivity contribution in [1.29, 1.82) is 5.26 Å². The van der Waals surface area contributed by atoms with E-state index in [1.54, 1.807) is 43.9 Å². The van der Waals surface area contributed by atoms with Gasteiger partial charge in [0.2, 0.25) is 0 Å². The zero-order valence-corrected chi connectivity index (χ0v) is 28.8. The van der Waals surface area contributed by atoms with Crippen molar-refractivity contribution < 1.29 is 31.8 Å². The normalized spacial score (nSPS) is 18.9. The third-order valence-electron chi connectivity index (χ3n) is 8.71. The quantitative estimate of drug-likeness (QED) is 0.209. The van der Waals surface area contributed by atoms with Crippen molar-refractivity contribution in [3.8, 4) is 23.3 Å². The Bertz CT molecular complexity index is 1880. The van der Waals surface area contributed by atoms with E-state index in [1.165, 1.54) is 45.2 Å². The van der Waals surface area contributed by atoms with Gasteiger partial charge in [0.05, 0.1) is 18.6 Å². The molecule has 2 unspecified atom stereocenters. The van der Waals surface area contributed by atoms with Crippen LogP contribution in [0, 0.1) is 28.8 Å². The molecule has 0 bridgehead atoms. The van der Waals surface area contributed by atoms with Crippen molar-refractivity contribution in [2.45, 2.75) is 64.8 Å². The summed E-state index contributed by atoms with van der Waals surface area (Å²) in [5, 5.41) is 7.98. The number of nitrogens with zero attached hydrogens (tertiary/aromatic N) is 7. The molecule has 3 fully saturated rings. The second-order valence-electron chi connectivity index (χ2n) is 13.3. The number of rotatable bonds is 3. The molecular formula is C36H41F4N7O3. The van der Waals surface area contributed by atoms with Gasteiger partial charge in [-0.3, -0.25) is 9.88 Å². The van der Waals surface area contributed by atoms with Crippen molar-refractivity contribution in [2.24, 2.45) is 0 Å². The molecule has 0 saturated carbocycles. The number of halogens is 4. The van der Waals surface area contributed by atoms with E-state index in [9.17, 15) is 18.0 Å². The Morgan fingerprint density at radius 3 is 2.40 bits per heavy atom. The first-order chi connectivity index (χ1) is 23.8. The van der Waals surface area contributed by atoms with Gasteiger partial charge in [-0.05, 0) is 58.0 Å². The zero-order valence-electron chi connectivity index (χ0n) is 28.8. The van der Waals surface area contributed by atoms with Gasteiger partial charge in [0.1, 0.15) is 28.8 Å². The number of carbonyl (C=O) groups is 1. The summed E-state index contributed by atoms with van der Waals surface area (Å²) in [7, 11) is 1.37. The molecule has 50 heavy (non-hydrogen) atoms. The zero-order chi connectivity index (χ0) is 36.2. The minimum Gasteiger partial charge on any atom is -0.467 e. The van der Waals surface area contributed by atoms with Crippen molar-refractivity contribution in [2.75, 3.05) is 51.3 Å². The maximum Gasteiger partial charge on any atom is 0.410 e. The lowest BCUT2D eigenvalue weighted by molar-refractivity contribution is 0.0240. The van der Waals surface area contributed by atoms with Crippen LogP contribution in [-0.4, -0.2) is 95.0 Å². The molecule has 5 heterocycles. The molecule has 3 saturated heterocycles. The van der Waals surface area contributed by atoms with Crippen LogP contribution >= 0.6 is 0 Å². The van der Waals surface area contributed by atoms with Crippen LogP contribution in [0.2, 0.25) is 0 Å². The van der Waals surface area contributed by atoms with Gasteiger partial charge in [-0.2, -0.15) is 15.2 Å². The average Bonchev–Trinajstić information content (AvgIpc) is 3.67. The number of aromatic nitrogens is 3. The summed E-state index contributed by atoms with van der Waals surface area (Å²) in [6.45, 7) is 10.3. The molecule has 14 heteroatoms. The first kappa shape index (κ1) is 36.5. The summed E-state index contributed by atoms with van der Waals surface area (Å²) >= 11 is 0. The molecule has 1 amide bonds. The molecule has 10 nitrogen and oxygen atoms in total. The number of pyridine rings is 1. The number of alkyl halides is 1. The van der Waals surface area contributed by atoms with E-state index >= 15 is 4.39 Å². The van der Waals surface area contributed by atoms with E-state index in [2.05, 4.69) is 19.9 Å². The van der Waals surface area contributed by atoms with Crippen LogP contribution < -0.4 is 9.64 Å². The van der Waals surface area contributed by atoms with E-state index in [1.807, 2.05) is 4.90 Å². The summed E-state index contributed by atoms with van der Waals surface area (Å²) in [6, 6.07) is 9.47. The lowest BCUT2D eigenvalue weighted by Gasteiger charge is -2.36. The average molecular weight is 696 g/mol. The molecule has 0 N–H and O–H groups in total. The van der Waals surface area contributed by atoms with Crippen LogP contribution in [0.25, 0.3) is 32.9 Å². The molecule has 0 spiro atoms. The van der Waals surface area contributed by atoms with Crippen molar-refractivity contribution in [1.82, 2.24) is 24.8 Å². The van der Waals surface area contributed by atoms with Crippen LogP contribution in [0.4, 0.5) is 28.2 Å². The fourth-order valence-corrected chi connectivity index (χ4v) is 6.50. The molecular weight excluding hydrogens is 654 g/mol. The molecule has 0 radical (unpaired) electrons. The number of hydrogen-bond acceptors (Lipinski definition) is 9. The van der Waals surface area contributed by atoms with Gasteiger partial charge in [0, 0.05) is 62.8 Å². The fourth-order valence-electron chi connectivity index (χ4n) is 6.50. The number of hydrogen-bond donors (Lipinski definition) is 0. The number of carbonyl (C=O) groups excluding carboxylic acids is 1. The second kappa shape index (κ2) is 15.4. The van der Waals surface area contributed by atoms with E-state index in [4.69, 9.17) is 14.7 Å². The van der Waals surface area contributed by atoms with Gasteiger partial charge in [-0.15, -0.1) is 0 Å². The van der Waals surface area contributed by atoms with E-state index in [-0.39, 0.29) is 28.2 Å². The number of nitriles is 1. The first-order valence-electron chi connectivity index (χ1n) is 16.5. The molecule has 4 aromatic rings. The van der Waals surface area contributed by atoms with Crippen LogP contribution in [0.1, 0.15) is 47.0 Å². The van der Waals surface area contributed by atoms with Gasteiger partial charge in [-0.25, -0.2) is 22.4 Å². The van der Waals surface area contributed by atoms with E-state index in [0.29, 0.717) is 55.4 Å². The molecule has 2 aromatic heterocycles. The molecule has 2 aromatic carbocycles. The fraction of sp³-hybridized carbons (Fsp3) is 0.472. The van der Waals surface area contributed by atoms with Crippen LogP contribution in [0.5, 0.6) is 6.01 Å². The van der Waals surface area contributed by atoms with Gasteiger partial charge >= 0.3 is 12.1 Å². The predicted octanol–water partition coefficient (Wildman–Crippen LogP) is 7.05. The Labute approximate surface area is 288 Å². The largest absolute Gasteiger partial charge is 0.467 e. The predicted molar refractivity (Wildman–Crippen MR) is 182 cm³/mol. The Morgan fingerprint density at radius 1 is 1.02 bits per heavy atom. The summed E-state index contributed by atoms with van der Waals surface area (Å²) in [5.74, 6) is -2.54. The van der Waals surface area contributed by atoms with E-state index in [0.717, 1.165) is 19.0 Å². The molecule has 0 aliphatic carbocycles. The number of benzene rings is 2. The molecule has 266 valence electrons. The highest BCUT2D eigenvalue weighted by Crippen LogP contribution is 2.36. The third-order valence-corrected chi connectivity index (χ3v) is 8.71. The number of methoxy groups -OCH3 is 1. The summed E-state index contributed by atoms with van der Waals surface area (Å²) in [5.41, 5.74) is -0.748. The summed E-state index contributed by atoms with van der Waals surface area (Å²) in [4.78, 5) is 31.2. The lowest BCUT2D eigenvalue weighted by Crippen LogP contribution is -2.50. The Hall–Kier alpha value is -4.77. The smallest absolute Gasteiger partial charge is 0.410 e. The number of amides is 1. The number of ether oxygens (including phenoxy) is 2. The maximum absolute atomic E-state index is 16.0. The van der Waals surface area contributed by atoms with Gasteiger partial charge < -0.3 is 19.3 Å². The minimum atomic E-state index is -1.08. The Kier molecular flexibility index (Phi) is 11.3. The van der Waals surface area contributed by atoms with Crippen LogP contribution in [-0.2, 0) is 4.74 Å². The number of fused-ring (bicyclic) bond motifs is 3. The highest BCUT2D eigenvalue weighted by atomic mass is 19.2. The van der Waals surface area contributed by atoms with Gasteiger partial charge in [0.15, 0.2) is 17.5 Å². The Morgan fingerprint density at radius 2 is 1.74 bits per heavy atom. The van der Waals surface area contributed by atoms with Crippen LogP contribution in [0.3, 0.4) is 0 Å². The molecule has 3 aliphatic rings. The SMILES string of the molecule is CC#N.COc1nc(N2CCN(C(=O)OC(C)(C)C)CC2)c2cnc(-c3cccc4ccc(F)c(F)c34)c(F)c2n1.FC1CC2CCCN2C1. The van der Waals surface area contributed by atoms with Crippen molar-refractivity contribution in [3.63, 3.8) is 0 Å². The third kappa shape index (κ3) is 7.99. The van der Waals surface area contributed by atoms with Crippen molar-refractivity contribution in [3.05, 3.63) is 54.0 Å². The molecule has 7 rings (SSSR count). The maximum atomic E-state index is 16.0. The van der Waals surface area contributed by atoms with Crippen molar-refractivity contribution >= 4 is 33.6 Å². The van der Waals surface area contributed by atoms with Crippen LogP contribution in [0.15, 0.2) is 36.5 Å².